The lowest BCUT2D eigenvalue weighted by Crippen LogP contribution is -2.14. The van der Waals surface area contributed by atoms with Gasteiger partial charge in [0.2, 0.25) is 0 Å². The Hall–Kier alpha value is -1.78. The zero-order chi connectivity index (χ0) is 14.8. The molecule has 3 aromatic rings. The van der Waals surface area contributed by atoms with Crippen LogP contribution in [-0.4, -0.2) is 4.98 Å². The van der Waals surface area contributed by atoms with Gasteiger partial charge in [0.25, 0.3) is 0 Å². The molecule has 0 saturated carbocycles. The number of rotatable bonds is 3. The van der Waals surface area contributed by atoms with E-state index in [2.05, 4.69) is 20.9 Å². The average molecular weight is 345 g/mol. The molecule has 2 N–H and O–H groups in total. The second kappa shape index (κ2) is 5.92. The Labute approximate surface area is 130 Å². The summed E-state index contributed by atoms with van der Waals surface area (Å²) < 4.78 is 14.6. The molecular weight excluding hydrogens is 331 g/mol. The van der Waals surface area contributed by atoms with Gasteiger partial charge in [0.05, 0.1) is 5.52 Å². The number of fused-ring (bicyclic) bond motifs is 1. The van der Waals surface area contributed by atoms with E-state index >= 15 is 0 Å². The van der Waals surface area contributed by atoms with Crippen LogP contribution in [0.25, 0.3) is 10.9 Å². The van der Waals surface area contributed by atoms with E-state index in [4.69, 9.17) is 5.73 Å². The first kappa shape index (κ1) is 14.2. The van der Waals surface area contributed by atoms with E-state index in [9.17, 15) is 4.39 Å². The Bertz CT molecular complexity index is 789. The maximum atomic E-state index is 13.9. The van der Waals surface area contributed by atoms with Crippen molar-refractivity contribution < 1.29 is 4.39 Å². The van der Waals surface area contributed by atoms with Crippen LogP contribution in [0.4, 0.5) is 4.39 Å². The minimum absolute atomic E-state index is 0.234. The largest absolute Gasteiger partial charge is 0.324 e. The Morgan fingerprint density at radius 3 is 2.81 bits per heavy atom. The minimum atomic E-state index is -0.245. The summed E-state index contributed by atoms with van der Waals surface area (Å²) in [6.07, 6.45) is 2.23. The van der Waals surface area contributed by atoms with Crippen LogP contribution >= 0.6 is 15.9 Å². The Morgan fingerprint density at radius 1 is 1.14 bits per heavy atom. The van der Waals surface area contributed by atoms with Crippen molar-refractivity contribution in [2.45, 2.75) is 12.5 Å². The van der Waals surface area contributed by atoms with Crippen molar-refractivity contribution in [2.75, 3.05) is 0 Å². The fourth-order valence-electron chi connectivity index (χ4n) is 2.37. The number of benzene rings is 2. The van der Waals surface area contributed by atoms with Crippen LogP contribution in [-0.2, 0) is 6.42 Å². The normalized spacial score (nSPS) is 12.5. The van der Waals surface area contributed by atoms with Crippen LogP contribution in [0.15, 0.2) is 59.2 Å². The van der Waals surface area contributed by atoms with Crippen molar-refractivity contribution in [1.29, 1.82) is 0 Å². The molecule has 0 amide bonds. The second-order valence-electron chi connectivity index (χ2n) is 5.00. The molecule has 2 aromatic carbocycles. The molecule has 1 atom stereocenters. The molecule has 1 heterocycles. The smallest absolute Gasteiger partial charge is 0.127 e. The summed E-state index contributed by atoms with van der Waals surface area (Å²) in [6.45, 7) is 0. The molecule has 21 heavy (non-hydrogen) atoms. The van der Waals surface area contributed by atoms with E-state index in [1.54, 1.807) is 12.3 Å². The predicted molar refractivity (Wildman–Crippen MR) is 86.5 cm³/mol. The van der Waals surface area contributed by atoms with E-state index in [0.29, 0.717) is 12.0 Å². The molecule has 0 aliphatic carbocycles. The van der Waals surface area contributed by atoms with Crippen molar-refractivity contribution in [3.05, 3.63) is 76.1 Å². The van der Waals surface area contributed by atoms with Crippen molar-refractivity contribution in [3.8, 4) is 0 Å². The van der Waals surface area contributed by atoms with Crippen LogP contribution < -0.4 is 5.73 Å². The molecule has 0 saturated heterocycles. The highest BCUT2D eigenvalue weighted by atomic mass is 79.9. The fraction of sp³-hybridized carbons (Fsp3) is 0.118. The third-order valence-electron chi connectivity index (χ3n) is 3.51. The highest BCUT2D eigenvalue weighted by Crippen LogP contribution is 2.23. The summed E-state index contributed by atoms with van der Waals surface area (Å²) in [5.74, 6) is -0.234. The Morgan fingerprint density at radius 2 is 2.00 bits per heavy atom. The van der Waals surface area contributed by atoms with Gasteiger partial charge >= 0.3 is 0 Å². The highest BCUT2D eigenvalue weighted by Gasteiger charge is 2.11. The first-order valence-electron chi connectivity index (χ1n) is 6.67. The lowest BCUT2D eigenvalue weighted by atomic mass is 9.98. The zero-order valence-electron chi connectivity index (χ0n) is 11.3. The van der Waals surface area contributed by atoms with Gasteiger partial charge in [0.1, 0.15) is 5.82 Å². The van der Waals surface area contributed by atoms with Gasteiger partial charge in [-0.1, -0.05) is 34.1 Å². The van der Waals surface area contributed by atoms with Gasteiger partial charge in [-0.25, -0.2) is 4.39 Å². The van der Waals surface area contributed by atoms with Crippen molar-refractivity contribution in [1.82, 2.24) is 4.98 Å². The number of halogens is 2. The average Bonchev–Trinajstić information content (AvgIpc) is 2.49. The van der Waals surface area contributed by atoms with Crippen molar-refractivity contribution >= 4 is 26.8 Å². The molecule has 0 bridgehead atoms. The van der Waals surface area contributed by atoms with Crippen LogP contribution in [0.1, 0.15) is 17.2 Å². The summed E-state index contributed by atoms with van der Waals surface area (Å²) in [5.41, 5.74) is 8.77. The number of pyridine rings is 1. The molecule has 1 unspecified atom stereocenters. The minimum Gasteiger partial charge on any atom is -0.324 e. The van der Waals surface area contributed by atoms with Crippen molar-refractivity contribution in [2.24, 2.45) is 5.73 Å². The summed E-state index contributed by atoms with van der Waals surface area (Å²) in [7, 11) is 0. The van der Waals surface area contributed by atoms with E-state index in [0.717, 1.165) is 20.9 Å². The van der Waals surface area contributed by atoms with Gasteiger partial charge in [0.15, 0.2) is 0 Å². The summed E-state index contributed by atoms with van der Waals surface area (Å²) in [6, 6.07) is 14.6. The van der Waals surface area contributed by atoms with Gasteiger partial charge in [-0.2, -0.15) is 0 Å². The van der Waals surface area contributed by atoms with E-state index in [1.165, 1.54) is 6.07 Å². The quantitative estimate of drug-likeness (QED) is 0.765. The van der Waals surface area contributed by atoms with E-state index in [1.807, 2.05) is 36.4 Å². The maximum absolute atomic E-state index is 13.9. The first-order valence-corrected chi connectivity index (χ1v) is 7.47. The highest BCUT2D eigenvalue weighted by molar-refractivity contribution is 9.10. The molecule has 0 aliphatic rings. The number of nitrogens with two attached hydrogens (primary N) is 1. The maximum Gasteiger partial charge on any atom is 0.127 e. The van der Waals surface area contributed by atoms with Crippen LogP contribution in [0, 0.1) is 5.82 Å². The molecule has 0 fully saturated rings. The second-order valence-corrected chi connectivity index (χ2v) is 5.92. The third-order valence-corrected chi connectivity index (χ3v) is 4.00. The molecule has 4 heteroatoms. The van der Waals surface area contributed by atoms with Gasteiger partial charge in [0, 0.05) is 22.1 Å². The fourth-order valence-corrected chi connectivity index (χ4v) is 2.70. The molecule has 2 nitrogen and oxygen atoms in total. The van der Waals surface area contributed by atoms with Crippen molar-refractivity contribution in [3.63, 3.8) is 0 Å². The number of aromatic nitrogens is 1. The van der Waals surface area contributed by atoms with E-state index < -0.39 is 0 Å². The van der Waals surface area contributed by atoms with Crippen LogP contribution in [0.5, 0.6) is 0 Å². The molecule has 3 rings (SSSR count). The Balaban J connectivity index is 1.87. The first-order chi connectivity index (χ1) is 10.1. The number of hydrogen-bond acceptors (Lipinski definition) is 2. The van der Waals surface area contributed by atoms with E-state index in [-0.39, 0.29) is 11.9 Å². The zero-order valence-corrected chi connectivity index (χ0v) is 12.8. The van der Waals surface area contributed by atoms with Gasteiger partial charge in [-0.05, 0) is 47.9 Å². The van der Waals surface area contributed by atoms with Gasteiger partial charge < -0.3 is 5.73 Å². The summed E-state index contributed by atoms with van der Waals surface area (Å²) >= 11 is 3.26. The van der Waals surface area contributed by atoms with Crippen LogP contribution in [0.3, 0.4) is 0 Å². The molecule has 1 aromatic heterocycles. The van der Waals surface area contributed by atoms with Crippen LogP contribution in [0.2, 0.25) is 0 Å². The molecule has 0 radical (unpaired) electrons. The Kier molecular flexibility index (Phi) is 3.99. The molecule has 0 aliphatic heterocycles. The monoisotopic (exact) mass is 344 g/mol. The summed E-state index contributed by atoms with van der Waals surface area (Å²) in [5, 5.41) is 1.04. The standard InChI is InChI=1S/C17H14BrFN2/c18-14-5-3-11(15(19)10-14)9-16(20)12-4-6-17-13(8-12)2-1-7-21-17/h1-8,10,16H,9,20H2. The SMILES string of the molecule is NC(Cc1ccc(Br)cc1F)c1ccc2ncccc2c1. The third kappa shape index (κ3) is 3.12. The molecule has 106 valence electrons. The predicted octanol–water partition coefficient (Wildman–Crippen LogP) is 4.38. The summed E-state index contributed by atoms with van der Waals surface area (Å²) in [4.78, 5) is 4.28. The molecular formula is C17H14BrFN2. The topological polar surface area (TPSA) is 38.9 Å². The van der Waals surface area contributed by atoms with Gasteiger partial charge in [-0.15, -0.1) is 0 Å². The number of nitrogens with zero attached hydrogens (tertiary/aromatic N) is 1. The number of hydrogen-bond donors (Lipinski definition) is 1. The molecule has 0 spiro atoms. The lowest BCUT2D eigenvalue weighted by Gasteiger charge is -2.13. The lowest BCUT2D eigenvalue weighted by molar-refractivity contribution is 0.592. The van der Waals surface area contributed by atoms with Gasteiger partial charge in [-0.3, -0.25) is 4.98 Å².